The summed E-state index contributed by atoms with van der Waals surface area (Å²) < 4.78 is 20.2. The van der Waals surface area contributed by atoms with Crippen molar-refractivity contribution in [1.29, 1.82) is 0 Å². The van der Waals surface area contributed by atoms with Crippen molar-refractivity contribution < 1.29 is 23.8 Å². The van der Waals surface area contributed by atoms with Gasteiger partial charge in [0, 0.05) is 58.3 Å². The summed E-state index contributed by atoms with van der Waals surface area (Å²) in [6.07, 6.45) is 7.69. The molecule has 12 nitrogen and oxygen atoms in total. The minimum absolute atomic E-state index is 0.0133. The second-order valence-electron chi connectivity index (χ2n) is 12.5. The summed E-state index contributed by atoms with van der Waals surface area (Å²) in [5, 5.41) is 12.2. The van der Waals surface area contributed by atoms with E-state index in [0.29, 0.717) is 50.0 Å². The number of hydrogen-bond acceptors (Lipinski definition) is 9. The van der Waals surface area contributed by atoms with E-state index < -0.39 is 6.04 Å². The van der Waals surface area contributed by atoms with Gasteiger partial charge in [0.25, 0.3) is 5.91 Å². The van der Waals surface area contributed by atoms with Crippen molar-refractivity contribution in [2.75, 3.05) is 59.1 Å². The summed E-state index contributed by atoms with van der Waals surface area (Å²) >= 11 is 0. The first-order valence-electron chi connectivity index (χ1n) is 16.0. The van der Waals surface area contributed by atoms with Gasteiger partial charge in [-0.1, -0.05) is 23.8 Å². The van der Waals surface area contributed by atoms with Crippen LogP contribution < -0.4 is 10.1 Å². The predicted octanol–water partition coefficient (Wildman–Crippen LogP) is 1.48. The SMILES string of the molecule is O=C1NC[C@H]2O[C@H](CCOc3ccccc3C(=O)N3CCN(C4CCC4)C[C@@H]13)CC[C@H]2n1cc(CN2CCOCC2)nn1. The minimum Gasteiger partial charge on any atom is -0.493 e. The van der Waals surface area contributed by atoms with Gasteiger partial charge in [-0.25, -0.2) is 4.68 Å². The molecule has 4 fully saturated rings. The molecule has 1 aromatic heterocycles. The summed E-state index contributed by atoms with van der Waals surface area (Å²) in [4.78, 5) is 34.3. The number of hydrogen-bond donors (Lipinski definition) is 1. The number of ether oxygens (including phenoxy) is 3. The van der Waals surface area contributed by atoms with Crippen LogP contribution in [0.25, 0.3) is 0 Å². The summed E-state index contributed by atoms with van der Waals surface area (Å²) in [6, 6.07) is 7.26. The van der Waals surface area contributed by atoms with E-state index in [-0.39, 0.29) is 30.1 Å². The topological polar surface area (TPSA) is 114 Å². The summed E-state index contributed by atoms with van der Waals surface area (Å²) in [7, 11) is 0. The Labute approximate surface area is 252 Å². The number of amides is 2. The zero-order valence-corrected chi connectivity index (χ0v) is 24.8. The van der Waals surface area contributed by atoms with E-state index in [9.17, 15) is 9.59 Å². The van der Waals surface area contributed by atoms with Crippen molar-refractivity contribution in [2.45, 2.75) is 75.4 Å². The van der Waals surface area contributed by atoms with Crippen molar-refractivity contribution >= 4 is 11.8 Å². The second kappa shape index (κ2) is 12.9. The van der Waals surface area contributed by atoms with Crippen LogP contribution in [0.15, 0.2) is 30.5 Å². The van der Waals surface area contributed by atoms with Crippen LogP contribution in [0, 0.1) is 0 Å². The molecule has 2 bridgehead atoms. The number of nitrogens with one attached hydrogen (secondary N) is 1. The quantitative estimate of drug-likeness (QED) is 0.563. The van der Waals surface area contributed by atoms with E-state index >= 15 is 0 Å². The van der Waals surface area contributed by atoms with Crippen LogP contribution >= 0.6 is 0 Å². The van der Waals surface area contributed by atoms with Crippen LogP contribution in [0.3, 0.4) is 0 Å². The van der Waals surface area contributed by atoms with Gasteiger partial charge < -0.3 is 24.4 Å². The third-order valence-corrected chi connectivity index (χ3v) is 9.83. The molecule has 2 amide bonds. The number of fused-ring (bicyclic) bond motifs is 4. The van der Waals surface area contributed by atoms with Gasteiger partial charge in [0.2, 0.25) is 5.91 Å². The Morgan fingerprint density at radius 3 is 2.65 bits per heavy atom. The van der Waals surface area contributed by atoms with E-state index in [2.05, 4.69) is 25.4 Å². The monoisotopic (exact) mass is 593 g/mol. The second-order valence-corrected chi connectivity index (χ2v) is 12.5. The van der Waals surface area contributed by atoms with E-state index in [1.165, 1.54) is 6.42 Å². The molecule has 0 radical (unpaired) electrons. The number of aromatic nitrogens is 3. The highest BCUT2D eigenvalue weighted by Crippen LogP contribution is 2.32. The van der Waals surface area contributed by atoms with Crippen LogP contribution in [-0.4, -0.2) is 125 Å². The number of morpholine rings is 1. The van der Waals surface area contributed by atoms with Crippen molar-refractivity contribution in [1.82, 2.24) is 35.0 Å². The first-order valence-corrected chi connectivity index (χ1v) is 16.0. The molecule has 2 aromatic rings. The standard InChI is InChI=1S/C31H43N7O5/c39-30-27-21-36(23-4-3-5-23)11-12-37(27)31(40)25-6-1-2-7-28(25)42-15-10-24-8-9-26(29(43-24)18-32-30)38-20-22(33-34-38)19-35-13-16-41-17-14-35/h1-2,6-7,20,23-24,26-27,29H,3-5,8-19,21H2,(H,32,39)/t24-,26+,27-,29+/m0/s1. The van der Waals surface area contributed by atoms with Gasteiger partial charge in [-0.15, -0.1) is 5.10 Å². The third kappa shape index (κ3) is 6.29. The Hall–Kier alpha value is -3.06. The molecule has 7 rings (SSSR count). The number of carbonyl (C=O) groups is 2. The number of piperazine rings is 1. The van der Waals surface area contributed by atoms with Crippen molar-refractivity contribution in [3.8, 4) is 5.75 Å². The highest BCUT2D eigenvalue weighted by atomic mass is 16.5. The predicted molar refractivity (Wildman–Crippen MR) is 157 cm³/mol. The van der Waals surface area contributed by atoms with Gasteiger partial charge in [0.15, 0.2) is 0 Å². The van der Waals surface area contributed by atoms with E-state index in [1.807, 2.05) is 29.1 Å². The zero-order chi connectivity index (χ0) is 29.2. The van der Waals surface area contributed by atoms with Gasteiger partial charge in [-0.05, 0) is 37.8 Å². The Bertz CT molecular complexity index is 1280. The van der Waals surface area contributed by atoms with Crippen molar-refractivity contribution in [2.24, 2.45) is 0 Å². The molecule has 3 saturated heterocycles. The van der Waals surface area contributed by atoms with E-state index in [0.717, 1.165) is 70.8 Å². The van der Waals surface area contributed by atoms with Crippen molar-refractivity contribution in [3.05, 3.63) is 41.7 Å². The summed E-state index contributed by atoms with van der Waals surface area (Å²) in [6.45, 7) is 6.62. The molecule has 1 aromatic carbocycles. The molecule has 4 atom stereocenters. The summed E-state index contributed by atoms with van der Waals surface area (Å²) in [5.74, 6) is 0.278. The molecule has 5 aliphatic rings. The lowest BCUT2D eigenvalue weighted by Crippen LogP contribution is -2.63. The molecule has 1 aliphatic carbocycles. The number of nitrogens with zero attached hydrogens (tertiary/aromatic N) is 6. The molecule has 1 N–H and O–H groups in total. The molecule has 12 heteroatoms. The van der Waals surface area contributed by atoms with Crippen LogP contribution in [0.5, 0.6) is 5.75 Å². The number of para-hydroxylation sites is 1. The maximum absolute atomic E-state index is 13.9. The first-order chi connectivity index (χ1) is 21.1. The molecular weight excluding hydrogens is 550 g/mol. The molecular formula is C31H43N7O5. The molecule has 0 spiro atoms. The maximum atomic E-state index is 13.9. The van der Waals surface area contributed by atoms with Crippen LogP contribution in [0.4, 0.5) is 0 Å². The fourth-order valence-electron chi connectivity index (χ4n) is 7.08. The lowest BCUT2D eigenvalue weighted by atomic mass is 9.90. The van der Waals surface area contributed by atoms with E-state index in [1.54, 1.807) is 11.0 Å². The first kappa shape index (κ1) is 28.7. The Balaban J connectivity index is 1.11. The maximum Gasteiger partial charge on any atom is 0.258 e. The van der Waals surface area contributed by atoms with Gasteiger partial charge >= 0.3 is 0 Å². The Morgan fingerprint density at radius 2 is 1.81 bits per heavy atom. The smallest absolute Gasteiger partial charge is 0.258 e. The molecule has 232 valence electrons. The number of carbonyl (C=O) groups excluding carboxylic acids is 2. The van der Waals surface area contributed by atoms with Gasteiger partial charge in [-0.3, -0.25) is 19.4 Å². The van der Waals surface area contributed by atoms with E-state index in [4.69, 9.17) is 14.2 Å². The highest BCUT2D eigenvalue weighted by Gasteiger charge is 2.41. The normalized spacial score (nSPS) is 29.9. The molecule has 1 saturated carbocycles. The Kier molecular flexibility index (Phi) is 8.60. The van der Waals surface area contributed by atoms with Crippen molar-refractivity contribution in [3.63, 3.8) is 0 Å². The summed E-state index contributed by atoms with van der Waals surface area (Å²) in [5.41, 5.74) is 1.43. The molecule has 5 heterocycles. The lowest BCUT2D eigenvalue weighted by molar-refractivity contribution is -0.131. The lowest BCUT2D eigenvalue weighted by Gasteiger charge is -2.46. The number of benzene rings is 1. The largest absolute Gasteiger partial charge is 0.493 e. The average Bonchev–Trinajstić information content (AvgIpc) is 3.47. The van der Waals surface area contributed by atoms with Gasteiger partial charge in [0.05, 0.1) is 55.5 Å². The van der Waals surface area contributed by atoms with Crippen LogP contribution in [-0.2, 0) is 20.8 Å². The van der Waals surface area contributed by atoms with Crippen LogP contribution in [0.1, 0.15) is 60.6 Å². The zero-order valence-electron chi connectivity index (χ0n) is 24.8. The molecule has 0 unspecified atom stereocenters. The third-order valence-electron chi connectivity index (χ3n) is 9.83. The molecule has 4 aliphatic heterocycles. The minimum atomic E-state index is -0.581. The fourth-order valence-corrected chi connectivity index (χ4v) is 7.08. The fraction of sp³-hybridized carbons (Fsp3) is 0.677. The van der Waals surface area contributed by atoms with Gasteiger partial charge in [0.1, 0.15) is 11.8 Å². The Morgan fingerprint density at radius 1 is 0.953 bits per heavy atom. The van der Waals surface area contributed by atoms with Gasteiger partial charge in [-0.2, -0.15) is 0 Å². The highest BCUT2D eigenvalue weighted by molar-refractivity contribution is 6.00. The number of rotatable bonds is 4. The van der Waals surface area contributed by atoms with Crippen LogP contribution in [0.2, 0.25) is 0 Å². The average molecular weight is 594 g/mol. The molecule has 43 heavy (non-hydrogen) atoms.